The van der Waals surface area contributed by atoms with E-state index in [1.165, 1.54) is 116 Å². The van der Waals surface area contributed by atoms with Gasteiger partial charge in [-0.1, -0.05) is 209 Å². The number of aliphatic hydroxyl groups is 2. The monoisotopic (exact) mass is 724 g/mol. The summed E-state index contributed by atoms with van der Waals surface area (Å²) >= 11 is 0. The van der Waals surface area contributed by atoms with Crippen LogP contribution in [0.2, 0.25) is 0 Å². The quantitative estimate of drug-likeness (QED) is 0.0437. The number of amides is 1. The molecule has 0 aliphatic rings. The van der Waals surface area contributed by atoms with E-state index in [1.54, 1.807) is 6.08 Å². The molecule has 4 nitrogen and oxygen atoms in total. The third kappa shape index (κ3) is 39.0. The second kappa shape index (κ2) is 43.2. The highest BCUT2D eigenvalue weighted by atomic mass is 16.3. The van der Waals surface area contributed by atoms with Gasteiger partial charge in [-0.3, -0.25) is 4.79 Å². The van der Waals surface area contributed by atoms with E-state index < -0.39 is 12.1 Å². The van der Waals surface area contributed by atoms with Crippen molar-refractivity contribution in [2.45, 2.75) is 219 Å². The molecule has 0 aromatic carbocycles. The second-order valence-electron chi connectivity index (χ2n) is 14.7. The number of carbonyl (C=O) groups is 1. The van der Waals surface area contributed by atoms with Crippen molar-refractivity contribution in [1.29, 1.82) is 0 Å². The fourth-order valence-electron chi connectivity index (χ4n) is 6.32. The van der Waals surface area contributed by atoms with E-state index in [0.29, 0.717) is 6.42 Å². The molecule has 0 fully saturated rings. The minimum atomic E-state index is -0.851. The highest BCUT2D eigenvalue weighted by Crippen LogP contribution is 2.15. The molecule has 0 aromatic heterocycles. The van der Waals surface area contributed by atoms with Gasteiger partial charge >= 0.3 is 0 Å². The summed E-state index contributed by atoms with van der Waals surface area (Å²) in [6.45, 7) is 4.19. The third-order valence-electron chi connectivity index (χ3n) is 9.70. The van der Waals surface area contributed by atoms with Gasteiger partial charge in [-0.2, -0.15) is 0 Å². The second-order valence-corrected chi connectivity index (χ2v) is 14.7. The average molecular weight is 724 g/mol. The van der Waals surface area contributed by atoms with Gasteiger partial charge in [0.2, 0.25) is 5.91 Å². The lowest BCUT2D eigenvalue weighted by atomic mass is 10.0. The largest absolute Gasteiger partial charge is 0.394 e. The first-order chi connectivity index (χ1) is 25.7. The Morgan fingerprint density at radius 2 is 0.846 bits per heavy atom. The summed E-state index contributed by atoms with van der Waals surface area (Å²) in [5.74, 6) is -0.0848. The number of unbranched alkanes of at least 4 members (excludes halogenated alkanes) is 22. The zero-order valence-corrected chi connectivity index (χ0v) is 34.3. The molecular formula is C48H85NO3. The number of hydrogen-bond donors (Lipinski definition) is 3. The summed E-state index contributed by atoms with van der Waals surface area (Å²) in [5, 5.41) is 23.0. The molecule has 300 valence electrons. The Kier molecular flexibility index (Phi) is 41.4. The highest BCUT2D eigenvalue weighted by molar-refractivity contribution is 5.76. The van der Waals surface area contributed by atoms with Gasteiger partial charge in [0, 0.05) is 6.42 Å². The summed E-state index contributed by atoms with van der Waals surface area (Å²) < 4.78 is 0. The van der Waals surface area contributed by atoms with E-state index in [2.05, 4.69) is 79.9 Å². The molecule has 2 atom stereocenters. The first-order valence-electron chi connectivity index (χ1n) is 22.2. The molecule has 0 heterocycles. The smallest absolute Gasteiger partial charge is 0.220 e. The van der Waals surface area contributed by atoms with Gasteiger partial charge in [0.05, 0.1) is 18.8 Å². The Morgan fingerprint density at radius 3 is 1.27 bits per heavy atom. The average Bonchev–Trinajstić information content (AvgIpc) is 3.15. The molecule has 2 unspecified atom stereocenters. The molecule has 0 rings (SSSR count). The van der Waals surface area contributed by atoms with E-state index >= 15 is 0 Å². The van der Waals surface area contributed by atoms with Crippen molar-refractivity contribution < 1.29 is 15.0 Å². The van der Waals surface area contributed by atoms with Crippen LogP contribution in [0.25, 0.3) is 0 Å². The van der Waals surface area contributed by atoms with Crippen LogP contribution in [-0.4, -0.2) is 34.9 Å². The molecule has 0 radical (unpaired) electrons. The van der Waals surface area contributed by atoms with Gasteiger partial charge in [-0.05, 0) is 64.2 Å². The number of hydrogen-bond acceptors (Lipinski definition) is 3. The molecule has 0 saturated carbocycles. The minimum Gasteiger partial charge on any atom is -0.394 e. The van der Waals surface area contributed by atoms with Gasteiger partial charge in [0.25, 0.3) is 0 Å². The van der Waals surface area contributed by atoms with Crippen molar-refractivity contribution in [3.63, 3.8) is 0 Å². The molecule has 0 aliphatic heterocycles. The van der Waals surface area contributed by atoms with Crippen LogP contribution in [0.5, 0.6) is 0 Å². The van der Waals surface area contributed by atoms with Gasteiger partial charge in [-0.15, -0.1) is 0 Å². The number of nitrogens with one attached hydrogen (secondary N) is 1. The molecule has 0 bridgehead atoms. The standard InChI is InChI=1S/C48H85NO3/c1-3-5-7-9-11-13-15-17-19-21-23-24-26-28-30-32-34-36-38-40-42-44-48(52)49-46(45-50)47(51)43-41-39-37-35-33-31-29-27-25-22-20-18-16-14-12-10-8-6-4-2/h5,7,11,13,17,19,23-24,28,30,41,43,46-47,50-51H,3-4,6,8-10,12,14-16,18,20-22,25-27,29,31-40,42,44-45H2,1-2H3,(H,49,52)/b7-5-,13-11-,19-17-,24-23-,30-28-,43-41+. The molecule has 0 aliphatic carbocycles. The Bertz CT molecular complexity index is 915. The van der Waals surface area contributed by atoms with Crippen LogP contribution in [0.3, 0.4) is 0 Å². The van der Waals surface area contributed by atoms with Crippen molar-refractivity contribution in [3.8, 4) is 0 Å². The van der Waals surface area contributed by atoms with Crippen LogP contribution < -0.4 is 5.32 Å². The molecule has 0 saturated heterocycles. The number of aliphatic hydroxyl groups excluding tert-OH is 2. The van der Waals surface area contributed by atoms with Crippen LogP contribution in [0, 0.1) is 0 Å². The maximum Gasteiger partial charge on any atom is 0.220 e. The highest BCUT2D eigenvalue weighted by Gasteiger charge is 2.17. The summed E-state index contributed by atoms with van der Waals surface area (Å²) in [7, 11) is 0. The maximum atomic E-state index is 12.4. The molecule has 52 heavy (non-hydrogen) atoms. The van der Waals surface area contributed by atoms with Gasteiger partial charge in [0.1, 0.15) is 0 Å². The Labute approximate surface area is 323 Å². The van der Waals surface area contributed by atoms with Crippen molar-refractivity contribution in [2.75, 3.05) is 6.61 Å². The minimum absolute atomic E-state index is 0.0848. The van der Waals surface area contributed by atoms with E-state index in [9.17, 15) is 15.0 Å². The summed E-state index contributed by atoms with van der Waals surface area (Å²) in [6.07, 6.45) is 61.5. The lowest BCUT2D eigenvalue weighted by Crippen LogP contribution is -2.45. The van der Waals surface area contributed by atoms with Crippen LogP contribution in [0.4, 0.5) is 0 Å². The lowest BCUT2D eigenvalue weighted by molar-refractivity contribution is -0.123. The maximum absolute atomic E-state index is 12.4. The summed E-state index contributed by atoms with van der Waals surface area (Å²) in [5.41, 5.74) is 0. The molecule has 3 N–H and O–H groups in total. The van der Waals surface area contributed by atoms with Crippen molar-refractivity contribution >= 4 is 5.91 Å². The van der Waals surface area contributed by atoms with E-state index in [4.69, 9.17) is 0 Å². The first kappa shape index (κ1) is 49.8. The molecular weight excluding hydrogens is 639 g/mol. The van der Waals surface area contributed by atoms with E-state index in [1.807, 2.05) is 6.08 Å². The van der Waals surface area contributed by atoms with Crippen molar-refractivity contribution in [2.24, 2.45) is 0 Å². The van der Waals surface area contributed by atoms with Crippen molar-refractivity contribution in [1.82, 2.24) is 5.32 Å². The predicted molar refractivity (Wildman–Crippen MR) is 230 cm³/mol. The van der Waals surface area contributed by atoms with Crippen LogP contribution in [-0.2, 0) is 4.79 Å². The lowest BCUT2D eigenvalue weighted by Gasteiger charge is -2.20. The SMILES string of the molecule is CC/C=C\C/C=C\C/C=C\C/C=C\C/C=C\CCCCCCCC(=O)NC(CO)C(O)/C=C/CCCCCCCCCCCCCCCCCCC. The normalized spacial score (nSPS) is 13.7. The zero-order chi connectivity index (χ0) is 37.8. The molecule has 0 aromatic rings. The van der Waals surface area contributed by atoms with Crippen LogP contribution in [0.15, 0.2) is 72.9 Å². The fourth-order valence-corrected chi connectivity index (χ4v) is 6.32. The van der Waals surface area contributed by atoms with Crippen molar-refractivity contribution in [3.05, 3.63) is 72.9 Å². The van der Waals surface area contributed by atoms with Gasteiger partial charge in [-0.25, -0.2) is 0 Å². The first-order valence-corrected chi connectivity index (χ1v) is 22.2. The number of carbonyl (C=O) groups excluding carboxylic acids is 1. The summed E-state index contributed by atoms with van der Waals surface area (Å²) in [6, 6.07) is -0.636. The van der Waals surface area contributed by atoms with Crippen LogP contribution >= 0.6 is 0 Å². The summed E-state index contributed by atoms with van der Waals surface area (Å²) in [4.78, 5) is 12.4. The Hall–Kier alpha value is -2.17. The molecule has 1 amide bonds. The van der Waals surface area contributed by atoms with E-state index in [-0.39, 0.29) is 12.5 Å². The fraction of sp³-hybridized carbons (Fsp3) is 0.729. The predicted octanol–water partition coefficient (Wildman–Crippen LogP) is 13.9. The zero-order valence-electron chi connectivity index (χ0n) is 34.3. The number of rotatable bonds is 39. The van der Waals surface area contributed by atoms with Gasteiger partial charge < -0.3 is 15.5 Å². The Morgan fingerprint density at radius 1 is 0.481 bits per heavy atom. The topological polar surface area (TPSA) is 69.6 Å². The molecule has 4 heteroatoms. The third-order valence-corrected chi connectivity index (χ3v) is 9.70. The Balaban J connectivity index is 3.65. The number of allylic oxidation sites excluding steroid dienone is 11. The molecule has 0 spiro atoms. The van der Waals surface area contributed by atoms with Gasteiger partial charge in [0.15, 0.2) is 0 Å². The van der Waals surface area contributed by atoms with Crippen LogP contribution in [0.1, 0.15) is 206 Å². The van der Waals surface area contributed by atoms with E-state index in [0.717, 1.165) is 70.6 Å².